The number of nitrogens with zero attached hydrogens (tertiary/aromatic N) is 4. The number of amides is 1. The first-order chi connectivity index (χ1) is 16.6. The van der Waals surface area contributed by atoms with E-state index < -0.39 is 0 Å². The zero-order valence-corrected chi connectivity index (χ0v) is 19.6. The highest BCUT2D eigenvalue weighted by Gasteiger charge is 2.25. The highest BCUT2D eigenvalue weighted by atomic mass is 16.5. The van der Waals surface area contributed by atoms with E-state index in [-0.39, 0.29) is 11.9 Å². The number of carbonyl (C=O) groups is 1. The third-order valence-electron chi connectivity index (χ3n) is 6.48. The molecule has 7 heteroatoms. The predicted octanol–water partition coefficient (Wildman–Crippen LogP) is 3.92. The fourth-order valence-corrected chi connectivity index (χ4v) is 4.47. The van der Waals surface area contributed by atoms with Crippen LogP contribution in [0.25, 0.3) is 22.4 Å². The lowest BCUT2D eigenvalue weighted by Gasteiger charge is -2.35. The number of aryl methyl sites for hydroxylation is 1. The van der Waals surface area contributed by atoms with Crippen molar-refractivity contribution in [3.05, 3.63) is 83.6 Å². The summed E-state index contributed by atoms with van der Waals surface area (Å²) < 4.78 is 5.47. The van der Waals surface area contributed by atoms with Gasteiger partial charge in [0, 0.05) is 38.3 Å². The van der Waals surface area contributed by atoms with Crippen molar-refractivity contribution in [1.29, 1.82) is 0 Å². The summed E-state index contributed by atoms with van der Waals surface area (Å²) in [5.41, 5.74) is 4.25. The van der Waals surface area contributed by atoms with Gasteiger partial charge in [0.05, 0.1) is 28.4 Å². The molecule has 1 saturated heterocycles. The number of rotatable bonds is 6. The van der Waals surface area contributed by atoms with E-state index >= 15 is 0 Å². The monoisotopic (exact) mass is 455 g/mol. The second kappa shape index (κ2) is 9.75. The maximum Gasteiger partial charge on any atom is 0.259 e. The maximum atomic E-state index is 13.7. The third kappa shape index (κ3) is 4.71. The number of aromatic nitrogens is 2. The molecule has 0 saturated carbocycles. The lowest BCUT2D eigenvalue weighted by atomic mass is 10.0. The summed E-state index contributed by atoms with van der Waals surface area (Å²) in [7, 11) is 2.15. The number of likely N-dealkylation sites (N-methyl/N-ethyl adjacent to an activating group) is 1. The van der Waals surface area contributed by atoms with Crippen molar-refractivity contribution >= 4 is 17.0 Å². The molecule has 0 aliphatic carbocycles. The number of hydrogen-bond acceptors (Lipinski definition) is 6. The molecule has 1 atom stereocenters. The Morgan fingerprint density at radius 3 is 2.41 bits per heavy atom. The summed E-state index contributed by atoms with van der Waals surface area (Å²) in [6, 6.07) is 21.7. The second-order valence-corrected chi connectivity index (χ2v) is 8.91. The third-order valence-corrected chi connectivity index (χ3v) is 6.48. The average molecular weight is 456 g/mol. The fraction of sp³-hybridized carbons (Fsp3) is 0.296. The van der Waals surface area contributed by atoms with Crippen LogP contribution in [0, 0.1) is 6.92 Å². The standard InChI is InChI=1S/C27H29N5O2/c1-19-25-22(17-23(29-27(25)34-30-19)20-9-5-3-6-10-20)26(33)28-24(21-11-7-4-8-12-21)18-32-15-13-31(2)14-16-32/h3-12,17,24H,13-16,18H2,1-2H3,(H,28,33). The predicted molar refractivity (Wildman–Crippen MR) is 133 cm³/mol. The van der Waals surface area contributed by atoms with Crippen LogP contribution in [0.3, 0.4) is 0 Å². The van der Waals surface area contributed by atoms with Gasteiger partial charge in [0.15, 0.2) is 0 Å². The Kier molecular flexibility index (Phi) is 6.38. The van der Waals surface area contributed by atoms with E-state index in [0.29, 0.717) is 28.1 Å². The first kappa shape index (κ1) is 22.3. The van der Waals surface area contributed by atoms with Gasteiger partial charge in [-0.05, 0) is 25.6 Å². The van der Waals surface area contributed by atoms with E-state index in [0.717, 1.165) is 43.9 Å². The summed E-state index contributed by atoms with van der Waals surface area (Å²) in [5, 5.41) is 8.04. The smallest absolute Gasteiger partial charge is 0.259 e. The van der Waals surface area contributed by atoms with Gasteiger partial charge >= 0.3 is 0 Å². The maximum absolute atomic E-state index is 13.7. The number of benzene rings is 2. The largest absolute Gasteiger partial charge is 0.344 e. The van der Waals surface area contributed by atoms with Gasteiger partial charge in [-0.1, -0.05) is 65.8 Å². The van der Waals surface area contributed by atoms with Crippen molar-refractivity contribution in [2.75, 3.05) is 39.8 Å². The summed E-state index contributed by atoms with van der Waals surface area (Å²) in [6.07, 6.45) is 0. The number of piperazine rings is 1. The number of carbonyl (C=O) groups excluding carboxylic acids is 1. The van der Waals surface area contributed by atoms with Crippen molar-refractivity contribution in [2.24, 2.45) is 0 Å². The molecule has 3 heterocycles. The van der Waals surface area contributed by atoms with Crippen LogP contribution in [0.2, 0.25) is 0 Å². The quantitative estimate of drug-likeness (QED) is 0.475. The zero-order valence-electron chi connectivity index (χ0n) is 19.6. The molecule has 7 nitrogen and oxygen atoms in total. The first-order valence-corrected chi connectivity index (χ1v) is 11.7. The van der Waals surface area contributed by atoms with Gasteiger partial charge in [0.2, 0.25) is 0 Å². The van der Waals surface area contributed by atoms with E-state index in [1.807, 2.05) is 61.5 Å². The molecule has 34 heavy (non-hydrogen) atoms. The normalized spacial score (nSPS) is 15.9. The molecule has 1 aliphatic heterocycles. The average Bonchev–Trinajstić information content (AvgIpc) is 3.26. The zero-order chi connectivity index (χ0) is 23.5. The van der Waals surface area contributed by atoms with E-state index in [2.05, 4.69) is 44.4 Å². The number of hydrogen-bond donors (Lipinski definition) is 1. The number of pyridine rings is 1. The highest BCUT2D eigenvalue weighted by Crippen LogP contribution is 2.28. The molecule has 1 fully saturated rings. The lowest BCUT2D eigenvalue weighted by molar-refractivity contribution is 0.0908. The molecule has 1 aliphatic rings. The molecule has 4 aromatic rings. The van der Waals surface area contributed by atoms with E-state index in [1.165, 1.54) is 0 Å². The minimum Gasteiger partial charge on any atom is -0.344 e. The SMILES string of the molecule is Cc1noc2nc(-c3ccccc3)cc(C(=O)NC(CN3CCN(C)CC3)c3ccccc3)c12. The highest BCUT2D eigenvalue weighted by molar-refractivity contribution is 6.07. The summed E-state index contributed by atoms with van der Waals surface area (Å²) in [5.74, 6) is -0.154. The number of fused-ring (bicyclic) bond motifs is 1. The Balaban J connectivity index is 1.48. The number of nitrogens with one attached hydrogen (secondary N) is 1. The second-order valence-electron chi connectivity index (χ2n) is 8.91. The summed E-state index contributed by atoms with van der Waals surface area (Å²) in [4.78, 5) is 23.1. The van der Waals surface area contributed by atoms with Crippen molar-refractivity contribution in [2.45, 2.75) is 13.0 Å². The van der Waals surface area contributed by atoms with E-state index in [9.17, 15) is 4.79 Å². The van der Waals surface area contributed by atoms with Gasteiger partial charge in [0.25, 0.3) is 11.6 Å². The first-order valence-electron chi connectivity index (χ1n) is 11.7. The summed E-state index contributed by atoms with van der Waals surface area (Å²) >= 11 is 0. The Morgan fingerprint density at radius 1 is 1.03 bits per heavy atom. The van der Waals surface area contributed by atoms with Crippen LogP contribution in [-0.4, -0.2) is 65.6 Å². The molecule has 174 valence electrons. The van der Waals surface area contributed by atoms with Crippen molar-refractivity contribution < 1.29 is 9.32 Å². The molecule has 0 bridgehead atoms. The topological polar surface area (TPSA) is 74.5 Å². The minimum absolute atomic E-state index is 0.138. The van der Waals surface area contributed by atoms with Gasteiger partial charge in [0.1, 0.15) is 0 Å². The molecule has 1 N–H and O–H groups in total. The van der Waals surface area contributed by atoms with Crippen LogP contribution in [0.15, 0.2) is 71.3 Å². The Labute approximate surface area is 199 Å². The molecule has 2 aromatic heterocycles. The van der Waals surface area contributed by atoms with Gasteiger partial charge < -0.3 is 14.7 Å². The van der Waals surface area contributed by atoms with Gasteiger partial charge in [-0.2, -0.15) is 0 Å². The van der Waals surface area contributed by atoms with Gasteiger partial charge in [-0.3, -0.25) is 9.69 Å². The van der Waals surface area contributed by atoms with E-state index in [4.69, 9.17) is 4.52 Å². The van der Waals surface area contributed by atoms with Crippen LogP contribution in [0.1, 0.15) is 27.7 Å². The fourth-order valence-electron chi connectivity index (χ4n) is 4.47. The van der Waals surface area contributed by atoms with Crippen LogP contribution >= 0.6 is 0 Å². The lowest BCUT2D eigenvalue weighted by Crippen LogP contribution is -2.47. The Bertz CT molecular complexity index is 1260. The molecule has 0 radical (unpaired) electrons. The minimum atomic E-state index is -0.154. The molecular formula is C27H29N5O2. The van der Waals surface area contributed by atoms with Crippen molar-refractivity contribution in [1.82, 2.24) is 25.3 Å². The van der Waals surface area contributed by atoms with E-state index in [1.54, 1.807) is 0 Å². The van der Waals surface area contributed by atoms with Crippen LogP contribution < -0.4 is 5.32 Å². The van der Waals surface area contributed by atoms with Crippen molar-refractivity contribution in [3.8, 4) is 11.3 Å². The van der Waals surface area contributed by atoms with Gasteiger partial charge in [-0.25, -0.2) is 4.98 Å². The molecule has 1 amide bonds. The molecule has 0 spiro atoms. The van der Waals surface area contributed by atoms with Crippen molar-refractivity contribution in [3.63, 3.8) is 0 Å². The molecule has 5 rings (SSSR count). The summed E-state index contributed by atoms with van der Waals surface area (Å²) in [6.45, 7) is 6.62. The Morgan fingerprint density at radius 2 is 1.71 bits per heavy atom. The Hall–Kier alpha value is -3.55. The van der Waals surface area contributed by atoms with Crippen LogP contribution in [-0.2, 0) is 0 Å². The van der Waals surface area contributed by atoms with Crippen LogP contribution in [0.5, 0.6) is 0 Å². The van der Waals surface area contributed by atoms with Crippen LogP contribution in [0.4, 0.5) is 0 Å². The van der Waals surface area contributed by atoms with Gasteiger partial charge in [-0.15, -0.1) is 0 Å². The molecule has 2 aromatic carbocycles. The molecular weight excluding hydrogens is 426 g/mol. The molecule has 1 unspecified atom stereocenters.